The monoisotopic (exact) mass is 392 g/mol. The van der Waals surface area contributed by atoms with Crippen molar-refractivity contribution in [3.8, 4) is 0 Å². The summed E-state index contributed by atoms with van der Waals surface area (Å²) in [5.74, 6) is -0.0791. The molecule has 0 aromatic heterocycles. The van der Waals surface area contributed by atoms with Crippen LogP contribution in [0.15, 0.2) is 48.5 Å². The Morgan fingerprint density at radius 3 is 2.73 bits per heavy atom. The van der Waals surface area contributed by atoms with Crippen LogP contribution in [0.4, 0.5) is 5.69 Å². The van der Waals surface area contributed by atoms with Crippen LogP contribution < -0.4 is 5.32 Å². The van der Waals surface area contributed by atoms with Gasteiger partial charge in [0.05, 0.1) is 22.9 Å². The smallest absolute Gasteiger partial charge is 0.225 e. The molecule has 1 N–H and O–H groups in total. The predicted octanol–water partition coefficient (Wildman–Crippen LogP) is 4.78. The molecule has 4 nitrogen and oxygen atoms in total. The van der Waals surface area contributed by atoms with E-state index in [2.05, 4.69) is 29.3 Å². The summed E-state index contributed by atoms with van der Waals surface area (Å²) in [7, 11) is 0. The van der Waals surface area contributed by atoms with Crippen molar-refractivity contribution in [2.45, 2.75) is 25.6 Å². The summed E-state index contributed by atoms with van der Waals surface area (Å²) >= 11 is 12.1. The number of hydrogen-bond acceptors (Lipinski definition) is 3. The standard InChI is InChI=1S/C20H22Cl2N2O2/c1-14-12-24(13-19(26-14)15-5-3-2-4-6-15)10-9-20(25)23-18-11-16(21)7-8-17(18)22/h2-8,11,14,19H,9-10,12-13H2,1H3,(H,23,25). The number of amides is 1. The second-order valence-corrected chi connectivity index (χ2v) is 7.37. The zero-order valence-corrected chi connectivity index (χ0v) is 16.1. The van der Waals surface area contributed by atoms with E-state index in [0.29, 0.717) is 28.7 Å². The molecule has 0 radical (unpaired) electrons. The Hall–Kier alpha value is -1.59. The Balaban J connectivity index is 1.55. The van der Waals surface area contributed by atoms with Crippen LogP contribution in [0.5, 0.6) is 0 Å². The van der Waals surface area contributed by atoms with Crippen molar-refractivity contribution in [2.24, 2.45) is 0 Å². The molecule has 1 fully saturated rings. The maximum atomic E-state index is 12.3. The van der Waals surface area contributed by atoms with Gasteiger partial charge in [0.2, 0.25) is 5.91 Å². The molecule has 3 rings (SSSR count). The van der Waals surface area contributed by atoms with Crippen LogP contribution in [0.3, 0.4) is 0 Å². The van der Waals surface area contributed by atoms with Gasteiger partial charge in [-0.05, 0) is 30.7 Å². The molecular formula is C20H22Cl2N2O2. The Bertz CT molecular complexity index is 755. The Kier molecular flexibility index (Phi) is 6.54. The average Bonchev–Trinajstić information content (AvgIpc) is 2.63. The zero-order valence-electron chi connectivity index (χ0n) is 14.6. The summed E-state index contributed by atoms with van der Waals surface area (Å²) in [5, 5.41) is 3.85. The van der Waals surface area contributed by atoms with E-state index >= 15 is 0 Å². The summed E-state index contributed by atoms with van der Waals surface area (Å²) in [4.78, 5) is 14.5. The first-order valence-electron chi connectivity index (χ1n) is 8.69. The first-order valence-corrected chi connectivity index (χ1v) is 9.44. The number of nitrogens with one attached hydrogen (secondary N) is 1. The van der Waals surface area contributed by atoms with E-state index in [9.17, 15) is 4.79 Å². The lowest BCUT2D eigenvalue weighted by Gasteiger charge is -2.37. The molecular weight excluding hydrogens is 371 g/mol. The fourth-order valence-electron chi connectivity index (χ4n) is 3.14. The van der Waals surface area contributed by atoms with Crippen molar-refractivity contribution < 1.29 is 9.53 Å². The van der Waals surface area contributed by atoms with Gasteiger partial charge in [0, 0.05) is 31.1 Å². The highest BCUT2D eigenvalue weighted by atomic mass is 35.5. The summed E-state index contributed by atoms with van der Waals surface area (Å²) in [6.45, 7) is 4.32. The van der Waals surface area contributed by atoms with Crippen molar-refractivity contribution in [1.82, 2.24) is 4.90 Å². The number of carbonyl (C=O) groups excluding carboxylic acids is 1. The highest BCUT2D eigenvalue weighted by Crippen LogP contribution is 2.26. The Labute approximate surface area is 164 Å². The van der Waals surface area contributed by atoms with Crippen LogP contribution in [0.2, 0.25) is 10.0 Å². The molecule has 2 aromatic rings. The third-order valence-corrected chi connectivity index (χ3v) is 4.93. The number of carbonyl (C=O) groups is 1. The molecule has 1 amide bonds. The average molecular weight is 393 g/mol. The van der Waals surface area contributed by atoms with Gasteiger partial charge in [0.25, 0.3) is 0 Å². The van der Waals surface area contributed by atoms with Crippen LogP contribution in [-0.2, 0) is 9.53 Å². The third kappa shape index (κ3) is 5.21. The largest absolute Gasteiger partial charge is 0.368 e. The van der Waals surface area contributed by atoms with E-state index in [1.54, 1.807) is 18.2 Å². The molecule has 1 aliphatic heterocycles. The lowest BCUT2D eigenvalue weighted by Crippen LogP contribution is -2.43. The number of anilines is 1. The van der Waals surface area contributed by atoms with E-state index in [0.717, 1.165) is 13.1 Å². The second-order valence-electron chi connectivity index (χ2n) is 6.53. The molecule has 1 saturated heterocycles. The molecule has 2 atom stereocenters. The molecule has 2 aromatic carbocycles. The first kappa shape index (κ1) is 19.2. The summed E-state index contributed by atoms with van der Waals surface area (Å²) in [6.07, 6.45) is 0.543. The SMILES string of the molecule is CC1CN(CCC(=O)Nc2cc(Cl)ccc2Cl)CC(c2ccccc2)O1. The lowest BCUT2D eigenvalue weighted by atomic mass is 10.1. The molecule has 0 bridgehead atoms. The fraction of sp³-hybridized carbons (Fsp3) is 0.350. The molecule has 0 spiro atoms. The van der Waals surface area contributed by atoms with Gasteiger partial charge < -0.3 is 10.1 Å². The highest BCUT2D eigenvalue weighted by Gasteiger charge is 2.26. The van der Waals surface area contributed by atoms with Gasteiger partial charge in [0.1, 0.15) is 0 Å². The first-order chi connectivity index (χ1) is 12.5. The number of benzene rings is 2. The molecule has 2 unspecified atom stereocenters. The minimum Gasteiger partial charge on any atom is -0.368 e. The van der Waals surface area contributed by atoms with Gasteiger partial charge >= 0.3 is 0 Å². The van der Waals surface area contributed by atoms with E-state index in [1.165, 1.54) is 5.56 Å². The fourth-order valence-corrected chi connectivity index (χ4v) is 3.48. The van der Waals surface area contributed by atoms with E-state index in [4.69, 9.17) is 27.9 Å². The normalized spacial score (nSPS) is 20.7. The minimum atomic E-state index is -0.0791. The second kappa shape index (κ2) is 8.87. The molecule has 0 saturated carbocycles. The predicted molar refractivity (Wildman–Crippen MR) is 106 cm³/mol. The molecule has 26 heavy (non-hydrogen) atoms. The Morgan fingerprint density at radius 1 is 1.19 bits per heavy atom. The third-order valence-electron chi connectivity index (χ3n) is 4.36. The summed E-state index contributed by atoms with van der Waals surface area (Å²) < 4.78 is 6.06. The van der Waals surface area contributed by atoms with E-state index in [1.807, 2.05) is 18.2 Å². The van der Waals surface area contributed by atoms with Crippen LogP contribution >= 0.6 is 23.2 Å². The molecule has 138 valence electrons. The number of morpholine rings is 1. The van der Waals surface area contributed by atoms with Crippen LogP contribution in [-0.4, -0.2) is 36.5 Å². The quantitative estimate of drug-likeness (QED) is 0.795. The van der Waals surface area contributed by atoms with Crippen molar-refractivity contribution in [2.75, 3.05) is 25.0 Å². The summed E-state index contributed by atoms with van der Waals surface area (Å²) in [6, 6.07) is 15.2. The number of rotatable bonds is 5. The van der Waals surface area contributed by atoms with Crippen LogP contribution in [0.25, 0.3) is 0 Å². The van der Waals surface area contributed by atoms with Gasteiger partial charge in [-0.15, -0.1) is 0 Å². The maximum Gasteiger partial charge on any atom is 0.225 e. The number of hydrogen-bond donors (Lipinski definition) is 1. The van der Waals surface area contributed by atoms with Gasteiger partial charge in [-0.1, -0.05) is 53.5 Å². The lowest BCUT2D eigenvalue weighted by molar-refractivity contribution is -0.118. The molecule has 6 heteroatoms. The summed E-state index contributed by atoms with van der Waals surface area (Å²) in [5.41, 5.74) is 1.71. The maximum absolute atomic E-state index is 12.3. The topological polar surface area (TPSA) is 41.6 Å². The Morgan fingerprint density at radius 2 is 1.96 bits per heavy atom. The van der Waals surface area contributed by atoms with Crippen LogP contribution in [0.1, 0.15) is 25.0 Å². The van der Waals surface area contributed by atoms with E-state index < -0.39 is 0 Å². The van der Waals surface area contributed by atoms with Gasteiger partial charge in [-0.25, -0.2) is 0 Å². The van der Waals surface area contributed by atoms with Gasteiger partial charge in [-0.3, -0.25) is 9.69 Å². The molecule has 1 aliphatic rings. The molecule has 1 heterocycles. The van der Waals surface area contributed by atoms with Crippen molar-refractivity contribution in [3.63, 3.8) is 0 Å². The van der Waals surface area contributed by atoms with Crippen molar-refractivity contribution in [3.05, 3.63) is 64.1 Å². The van der Waals surface area contributed by atoms with Gasteiger partial charge in [0.15, 0.2) is 0 Å². The molecule has 0 aliphatic carbocycles. The number of nitrogens with zero attached hydrogens (tertiary/aromatic N) is 1. The van der Waals surface area contributed by atoms with E-state index in [-0.39, 0.29) is 18.1 Å². The van der Waals surface area contributed by atoms with Gasteiger partial charge in [-0.2, -0.15) is 0 Å². The minimum absolute atomic E-state index is 0.0328. The number of halogens is 2. The van der Waals surface area contributed by atoms with Crippen LogP contribution in [0, 0.1) is 0 Å². The highest BCUT2D eigenvalue weighted by molar-refractivity contribution is 6.35. The number of ether oxygens (including phenoxy) is 1. The zero-order chi connectivity index (χ0) is 18.5. The van der Waals surface area contributed by atoms with Crippen molar-refractivity contribution in [1.29, 1.82) is 0 Å². The van der Waals surface area contributed by atoms with Crippen molar-refractivity contribution >= 4 is 34.8 Å².